The van der Waals surface area contributed by atoms with Crippen LogP contribution >= 0.6 is 11.6 Å². The van der Waals surface area contributed by atoms with Crippen LogP contribution in [0.4, 0.5) is 0 Å². The first-order valence-electron chi connectivity index (χ1n) is 6.45. The molecule has 1 fully saturated rings. The topological polar surface area (TPSA) is 65.0 Å². The lowest BCUT2D eigenvalue weighted by molar-refractivity contribution is -0.153. The second kappa shape index (κ2) is 6.33. The summed E-state index contributed by atoms with van der Waals surface area (Å²) in [6, 6.07) is 3.07. The first-order valence-corrected chi connectivity index (χ1v) is 6.83. The Hall–Kier alpha value is -1.46. The van der Waals surface area contributed by atoms with E-state index in [1.165, 1.54) is 13.2 Å². The van der Waals surface area contributed by atoms with Crippen LogP contribution in [0.1, 0.15) is 31.4 Å². The molecule has 1 saturated carbocycles. The summed E-state index contributed by atoms with van der Waals surface area (Å²) in [5, 5.41) is 10.5. The number of halogens is 1. The molecule has 0 radical (unpaired) electrons. The average Bonchev–Trinajstić information content (AvgIpc) is 3.23. The van der Waals surface area contributed by atoms with Crippen LogP contribution in [0.2, 0.25) is 5.02 Å². The van der Waals surface area contributed by atoms with E-state index < -0.39 is 12.1 Å². The largest absolute Gasteiger partial charge is 0.493 e. The molecule has 1 aliphatic rings. The van der Waals surface area contributed by atoms with Gasteiger partial charge in [-0.05, 0) is 25.8 Å². The predicted octanol–water partition coefficient (Wildman–Crippen LogP) is 2.49. The lowest BCUT2D eigenvalue weighted by Crippen LogP contribution is -2.17. The maximum atomic E-state index is 11.7. The average molecular weight is 301 g/mol. The molecule has 5 nitrogen and oxygen atoms in total. The summed E-state index contributed by atoms with van der Waals surface area (Å²) in [6.07, 6.45) is 0.538. The monoisotopic (exact) mass is 300 g/mol. The van der Waals surface area contributed by atoms with Crippen molar-refractivity contribution in [3.05, 3.63) is 22.7 Å². The lowest BCUT2D eigenvalue weighted by Gasteiger charge is -2.18. The number of hydrogen-bond donors (Lipinski definition) is 1. The number of rotatable bonds is 6. The normalized spacial score (nSPS) is 15.6. The van der Waals surface area contributed by atoms with Gasteiger partial charge in [0.2, 0.25) is 0 Å². The molecule has 1 atom stereocenters. The number of aliphatic hydroxyl groups excluding tert-OH is 1. The zero-order valence-corrected chi connectivity index (χ0v) is 12.1. The maximum absolute atomic E-state index is 11.7. The van der Waals surface area contributed by atoms with Crippen LogP contribution in [-0.2, 0) is 9.53 Å². The number of esters is 1. The van der Waals surface area contributed by atoms with E-state index in [2.05, 4.69) is 0 Å². The molecule has 0 spiro atoms. The molecule has 1 aliphatic carbocycles. The molecule has 0 amide bonds. The molecule has 0 aromatic heterocycles. The number of hydrogen-bond acceptors (Lipinski definition) is 5. The van der Waals surface area contributed by atoms with Crippen LogP contribution in [0.15, 0.2) is 12.1 Å². The lowest BCUT2D eigenvalue weighted by atomic mass is 10.1. The fraction of sp³-hybridized carbons (Fsp3) is 0.500. The van der Waals surface area contributed by atoms with Gasteiger partial charge in [0.15, 0.2) is 17.6 Å². The number of aliphatic hydroxyl groups is 1. The highest BCUT2D eigenvalue weighted by Gasteiger charge is 2.31. The van der Waals surface area contributed by atoms with Gasteiger partial charge in [0.25, 0.3) is 0 Å². The van der Waals surface area contributed by atoms with E-state index >= 15 is 0 Å². The SMILES string of the molecule is CCOC(=O)C(O)c1cc(Cl)cc(OC)c1OC1CC1. The van der Waals surface area contributed by atoms with Gasteiger partial charge in [-0.15, -0.1) is 0 Å². The first kappa shape index (κ1) is 14.9. The summed E-state index contributed by atoms with van der Waals surface area (Å²) in [6.45, 7) is 1.86. The molecule has 1 unspecified atom stereocenters. The Morgan fingerprint density at radius 1 is 1.50 bits per heavy atom. The Balaban J connectivity index is 2.37. The fourth-order valence-corrected chi connectivity index (χ4v) is 1.99. The molecule has 20 heavy (non-hydrogen) atoms. The standard InChI is InChI=1S/C14H17ClO5/c1-3-19-14(17)12(16)10-6-8(15)7-11(18-2)13(10)20-9-4-5-9/h6-7,9,12,16H,3-5H2,1-2H3. The summed E-state index contributed by atoms with van der Waals surface area (Å²) in [4.78, 5) is 11.7. The second-order valence-corrected chi connectivity index (χ2v) is 4.93. The van der Waals surface area contributed by atoms with E-state index in [0.717, 1.165) is 12.8 Å². The highest BCUT2D eigenvalue weighted by atomic mass is 35.5. The Kier molecular flexibility index (Phi) is 4.73. The minimum atomic E-state index is -1.45. The Labute approximate surface area is 122 Å². The highest BCUT2D eigenvalue weighted by Crippen LogP contribution is 2.41. The Morgan fingerprint density at radius 3 is 2.75 bits per heavy atom. The van der Waals surface area contributed by atoms with Gasteiger partial charge >= 0.3 is 5.97 Å². The zero-order valence-electron chi connectivity index (χ0n) is 11.4. The van der Waals surface area contributed by atoms with Crippen molar-refractivity contribution in [2.75, 3.05) is 13.7 Å². The number of ether oxygens (including phenoxy) is 3. The van der Waals surface area contributed by atoms with Crippen molar-refractivity contribution in [3.63, 3.8) is 0 Å². The van der Waals surface area contributed by atoms with Crippen molar-refractivity contribution >= 4 is 17.6 Å². The fourth-order valence-electron chi connectivity index (χ4n) is 1.77. The second-order valence-electron chi connectivity index (χ2n) is 4.50. The Bertz CT molecular complexity index is 499. The molecule has 0 saturated heterocycles. The third-order valence-corrected chi connectivity index (χ3v) is 3.10. The van der Waals surface area contributed by atoms with Gasteiger partial charge in [0, 0.05) is 16.7 Å². The summed E-state index contributed by atoms with van der Waals surface area (Å²) in [5.41, 5.74) is 0.264. The summed E-state index contributed by atoms with van der Waals surface area (Å²) in [7, 11) is 1.48. The van der Waals surface area contributed by atoms with E-state index in [9.17, 15) is 9.90 Å². The molecular formula is C14H17ClO5. The van der Waals surface area contributed by atoms with E-state index in [-0.39, 0.29) is 18.3 Å². The van der Waals surface area contributed by atoms with Crippen molar-refractivity contribution in [2.45, 2.75) is 32.0 Å². The van der Waals surface area contributed by atoms with E-state index in [0.29, 0.717) is 16.5 Å². The van der Waals surface area contributed by atoms with Gasteiger partial charge in [-0.3, -0.25) is 0 Å². The van der Waals surface area contributed by atoms with Gasteiger partial charge in [-0.2, -0.15) is 0 Å². The molecule has 2 rings (SSSR count). The third kappa shape index (κ3) is 3.35. The molecular weight excluding hydrogens is 284 g/mol. The van der Waals surface area contributed by atoms with Gasteiger partial charge in [-0.1, -0.05) is 11.6 Å². The number of benzene rings is 1. The summed E-state index contributed by atoms with van der Waals surface area (Å²) < 4.78 is 15.8. The molecule has 0 heterocycles. The Morgan fingerprint density at radius 2 is 2.20 bits per heavy atom. The van der Waals surface area contributed by atoms with E-state index in [1.807, 2.05) is 0 Å². The summed E-state index contributed by atoms with van der Waals surface area (Å²) in [5.74, 6) is 0.000156. The van der Waals surface area contributed by atoms with Crippen LogP contribution in [0.25, 0.3) is 0 Å². The van der Waals surface area contributed by atoms with Gasteiger partial charge in [0.1, 0.15) is 0 Å². The first-order chi connectivity index (χ1) is 9.56. The quantitative estimate of drug-likeness (QED) is 0.818. The van der Waals surface area contributed by atoms with E-state index in [4.69, 9.17) is 25.8 Å². The predicted molar refractivity (Wildman–Crippen MR) is 73.2 cm³/mol. The van der Waals surface area contributed by atoms with Crippen LogP contribution in [0, 0.1) is 0 Å². The molecule has 110 valence electrons. The van der Waals surface area contributed by atoms with Crippen molar-refractivity contribution in [1.82, 2.24) is 0 Å². The van der Waals surface area contributed by atoms with Crippen LogP contribution in [-0.4, -0.2) is 30.9 Å². The van der Waals surface area contributed by atoms with Gasteiger partial charge < -0.3 is 19.3 Å². The third-order valence-electron chi connectivity index (χ3n) is 2.88. The van der Waals surface area contributed by atoms with E-state index in [1.54, 1.807) is 13.0 Å². The van der Waals surface area contributed by atoms with Gasteiger partial charge in [0.05, 0.1) is 19.8 Å². The summed E-state index contributed by atoms with van der Waals surface area (Å²) >= 11 is 5.98. The smallest absolute Gasteiger partial charge is 0.339 e. The highest BCUT2D eigenvalue weighted by molar-refractivity contribution is 6.30. The van der Waals surface area contributed by atoms with Crippen LogP contribution in [0.3, 0.4) is 0 Å². The zero-order chi connectivity index (χ0) is 14.7. The van der Waals surface area contributed by atoms with Crippen molar-refractivity contribution in [3.8, 4) is 11.5 Å². The molecule has 1 N–H and O–H groups in total. The molecule has 1 aromatic carbocycles. The number of carbonyl (C=O) groups is 1. The molecule has 0 bridgehead atoms. The minimum absolute atomic E-state index is 0.0956. The van der Waals surface area contributed by atoms with Gasteiger partial charge in [-0.25, -0.2) is 4.79 Å². The van der Waals surface area contributed by atoms with Crippen molar-refractivity contribution < 1.29 is 24.1 Å². The molecule has 6 heteroatoms. The number of carbonyl (C=O) groups excluding carboxylic acids is 1. The maximum Gasteiger partial charge on any atom is 0.339 e. The molecule has 0 aliphatic heterocycles. The van der Waals surface area contributed by atoms with Crippen molar-refractivity contribution in [2.24, 2.45) is 0 Å². The number of methoxy groups -OCH3 is 1. The van der Waals surface area contributed by atoms with Crippen LogP contribution in [0.5, 0.6) is 11.5 Å². The van der Waals surface area contributed by atoms with Crippen LogP contribution < -0.4 is 9.47 Å². The van der Waals surface area contributed by atoms with Crippen molar-refractivity contribution in [1.29, 1.82) is 0 Å². The minimum Gasteiger partial charge on any atom is -0.493 e. The molecule has 1 aromatic rings.